The molecular weight excluding hydrogens is 318 g/mol. The summed E-state index contributed by atoms with van der Waals surface area (Å²) in [6.45, 7) is 0.626. The van der Waals surface area contributed by atoms with Crippen LogP contribution in [0.15, 0.2) is 48.5 Å². The lowest BCUT2D eigenvalue weighted by Gasteiger charge is -2.14. The van der Waals surface area contributed by atoms with Gasteiger partial charge in [0.25, 0.3) is 0 Å². The van der Waals surface area contributed by atoms with Crippen molar-refractivity contribution in [3.63, 3.8) is 0 Å². The Labute approximate surface area is 145 Å². The number of aliphatic carboxylic acids is 1. The molecule has 0 unspecified atom stereocenters. The van der Waals surface area contributed by atoms with E-state index in [1.807, 2.05) is 24.3 Å². The summed E-state index contributed by atoms with van der Waals surface area (Å²) in [4.78, 5) is 22.8. The molecule has 1 fully saturated rings. The minimum Gasteiger partial charge on any atom is -0.481 e. The fourth-order valence-corrected chi connectivity index (χ4v) is 3.64. The van der Waals surface area contributed by atoms with Crippen molar-refractivity contribution in [3.8, 4) is 11.1 Å². The SMILES string of the molecule is O=C(NC[C@@H]1C[C@@H]1C(=O)O)OCC1c2ccccc2-c2ccccc21. The summed E-state index contributed by atoms with van der Waals surface area (Å²) in [6.07, 6.45) is 0.136. The van der Waals surface area contributed by atoms with Crippen molar-refractivity contribution in [2.24, 2.45) is 11.8 Å². The molecule has 0 radical (unpaired) electrons. The maximum atomic E-state index is 12.0. The van der Waals surface area contributed by atoms with Crippen LogP contribution in [0.1, 0.15) is 23.5 Å². The van der Waals surface area contributed by atoms with Crippen LogP contribution >= 0.6 is 0 Å². The molecule has 5 nitrogen and oxygen atoms in total. The predicted molar refractivity (Wildman–Crippen MR) is 92.3 cm³/mol. The van der Waals surface area contributed by atoms with Crippen LogP contribution in [0.2, 0.25) is 0 Å². The second kappa shape index (κ2) is 6.24. The fraction of sp³-hybridized carbons (Fsp3) is 0.300. The first-order chi connectivity index (χ1) is 12.1. The van der Waals surface area contributed by atoms with E-state index in [1.165, 1.54) is 22.3 Å². The lowest BCUT2D eigenvalue weighted by molar-refractivity contribution is -0.138. The molecule has 0 heterocycles. The zero-order valence-electron chi connectivity index (χ0n) is 13.6. The first-order valence-electron chi connectivity index (χ1n) is 8.47. The van der Waals surface area contributed by atoms with Crippen LogP contribution in [-0.4, -0.2) is 30.3 Å². The highest BCUT2D eigenvalue weighted by Gasteiger charge is 2.43. The molecule has 1 saturated carbocycles. The molecule has 0 spiro atoms. The average molecular weight is 337 g/mol. The highest BCUT2D eigenvalue weighted by molar-refractivity contribution is 5.79. The molecule has 2 aliphatic carbocycles. The minimum absolute atomic E-state index is 0.0259. The Morgan fingerprint density at radius 3 is 2.20 bits per heavy atom. The van der Waals surface area contributed by atoms with Crippen LogP contribution in [0.25, 0.3) is 11.1 Å². The van der Waals surface area contributed by atoms with Crippen molar-refractivity contribution in [3.05, 3.63) is 59.7 Å². The topological polar surface area (TPSA) is 75.6 Å². The summed E-state index contributed by atoms with van der Waals surface area (Å²) in [7, 11) is 0. The van der Waals surface area contributed by atoms with Crippen LogP contribution in [0.5, 0.6) is 0 Å². The van der Waals surface area contributed by atoms with Gasteiger partial charge < -0.3 is 15.2 Å². The minimum atomic E-state index is -0.792. The third-order valence-corrected chi connectivity index (χ3v) is 5.09. The Bertz CT molecular complexity index is 786. The molecule has 2 N–H and O–H groups in total. The van der Waals surface area contributed by atoms with E-state index in [2.05, 4.69) is 29.6 Å². The van der Waals surface area contributed by atoms with Gasteiger partial charge in [-0.05, 0) is 34.6 Å². The van der Waals surface area contributed by atoms with E-state index in [1.54, 1.807) is 0 Å². The predicted octanol–water partition coefficient (Wildman–Crippen LogP) is 3.25. The largest absolute Gasteiger partial charge is 0.481 e. The van der Waals surface area contributed by atoms with E-state index in [4.69, 9.17) is 9.84 Å². The number of alkyl carbamates (subject to hydrolysis) is 1. The van der Waals surface area contributed by atoms with Crippen molar-refractivity contribution in [1.29, 1.82) is 0 Å². The summed E-state index contributed by atoms with van der Waals surface area (Å²) < 4.78 is 5.42. The number of carboxylic acid groups (broad SMARTS) is 1. The molecule has 2 aromatic rings. The Hall–Kier alpha value is -2.82. The van der Waals surface area contributed by atoms with Gasteiger partial charge in [0.05, 0.1) is 5.92 Å². The van der Waals surface area contributed by atoms with E-state index in [0.29, 0.717) is 13.0 Å². The van der Waals surface area contributed by atoms with E-state index >= 15 is 0 Å². The lowest BCUT2D eigenvalue weighted by Crippen LogP contribution is -2.28. The van der Waals surface area contributed by atoms with Crippen molar-refractivity contribution in [2.75, 3.05) is 13.2 Å². The van der Waals surface area contributed by atoms with Gasteiger partial charge in [0.15, 0.2) is 0 Å². The van der Waals surface area contributed by atoms with Gasteiger partial charge in [-0.2, -0.15) is 0 Å². The Morgan fingerprint density at radius 1 is 1.04 bits per heavy atom. The van der Waals surface area contributed by atoms with Gasteiger partial charge in [0.1, 0.15) is 6.61 Å². The van der Waals surface area contributed by atoms with E-state index < -0.39 is 12.1 Å². The van der Waals surface area contributed by atoms with Crippen LogP contribution in [0, 0.1) is 11.8 Å². The number of carboxylic acids is 1. The first-order valence-corrected chi connectivity index (χ1v) is 8.47. The van der Waals surface area contributed by atoms with Gasteiger partial charge in [-0.25, -0.2) is 4.79 Å². The van der Waals surface area contributed by atoms with E-state index in [-0.39, 0.29) is 24.4 Å². The number of hydrogen-bond donors (Lipinski definition) is 2. The fourth-order valence-electron chi connectivity index (χ4n) is 3.64. The monoisotopic (exact) mass is 337 g/mol. The number of rotatable bonds is 5. The quantitative estimate of drug-likeness (QED) is 0.878. The number of ether oxygens (including phenoxy) is 1. The second-order valence-corrected chi connectivity index (χ2v) is 6.65. The normalized spacial score (nSPS) is 20.5. The summed E-state index contributed by atoms with van der Waals surface area (Å²) >= 11 is 0. The van der Waals surface area contributed by atoms with Crippen molar-refractivity contribution in [1.82, 2.24) is 5.32 Å². The van der Waals surface area contributed by atoms with Crippen LogP contribution in [0.4, 0.5) is 4.79 Å². The molecule has 2 atom stereocenters. The summed E-state index contributed by atoms with van der Waals surface area (Å²) in [5.74, 6) is -1.06. The molecule has 0 aromatic heterocycles. The number of nitrogens with one attached hydrogen (secondary N) is 1. The standard InChI is InChI=1S/C20H19NO4/c22-19(23)17-9-12(17)10-21-20(24)25-11-18-15-7-3-1-5-13(15)14-6-2-4-8-16(14)18/h1-8,12,17-18H,9-11H2,(H,21,24)(H,22,23)/t12-,17-/m0/s1. The van der Waals surface area contributed by atoms with Gasteiger partial charge in [0, 0.05) is 12.5 Å². The third kappa shape index (κ3) is 2.97. The molecular formula is C20H19NO4. The van der Waals surface area contributed by atoms with Crippen LogP contribution in [0.3, 0.4) is 0 Å². The maximum Gasteiger partial charge on any atom is 0.407 e. The molecule has 4 rings (SSSR count). The zero-order chi connectivity index (χ0) is 17.4. The van der Waals surface area contributed by atoms with E-state index in [9.17, 15) is 9.59 Å². The molecule has 2 aromatic carbocycles. The van der Waals surface area contributed by atoms with Crippen LogP contribution < -0.4 is 5.32 Å². The highest BCUT2D eigenvalue weighted by atomic mass is 16.5. The first kappa shape index (κ1) is 15.7. The third-order valence-electron chi connectivity index (χ3n) is 5.09. The van der Waals surface area contributed by atoms with E-state index in [0.717, 1.165) is 0 Å². The van der Waals surface area contributed by atoms with Gasteiger partial charge >= 0.3 is 12.1 Å². The average Bonchev–Trinajstić information content (AvgIpc) is 3.34. The van der Waals surface area contributed by atoms with Gasteiger partial charge in [-0.3, -0.25) is 4.79 Å². The molecule has 2 aliphatic rings. The molecule has 0 saturated heterocycles. The van der Waals surface area contributed by atoms with Crippen LogP contribution in [-0.2, 0) is 9.53 Å². The molecule has 128 valence electrons. The zero-order valence-corrected chi connectivity index (χ0v) is 13.6. The highest BCUT2D eigenvalue weighted by Crippen LogP contribution is 2.44. The second-order valence-electron chi connectivity index (χ2n) is 6.65. The molecule has 25 heavy (non-hydrogen) atoms. The maximum absolute atomic E-state index is 12.0. The number of fused-ring (bicyclic) bond motifs is 3. The Balaban J connectivity index is 1.38. The van der Waals surface area contributed by atoms with Gasteiger partial charge in [-0.15, -0.1) is 0 Å². The number of hydrogen-bond acceptors (Lipinski definition) is 3. The smallest absolute Gasteiger partial charge is 0.407 e. The Kier molecular flexibility index (Phi) is 3.92. The van der Waals surface area contributed by atoms with Crippen molar-refractivity contribution < 1.29 is 19.4 Å². The molecule has 0 aliphatic heterocycles. The number of amides is 1. The van der Waals surface area contributed by atoms with Gasteiger partial charge in [0.2, 0.25) is 0 Å². The molecule has 1 amide bonds. The van der Waals surface area contributed by atoms with Crippen molar-refractivity contribution >= 4 is 12.1 Å². The summed E-state index contributed by atoms with van der Waals surface area (Å²) in [5, 5.41) is 11.6. The number of carbonyl (C=O) groups excluding carboxylic acids is 1. The molecule has 0 bridgehead atoms. The summed E-state index contributed by atoms with van der Waals surface area (Å²) in [6, 6.07) is 16.3. The number of carbonyl (C=O) groups is 2. The summed E-state index contributed by atoms with van der Waals surface area (Å²) in [5.41, 5.74) is 4.72. The molecule has 5 heteroatoms. The van der Waals surface area contributed by atoms with Crippen molar-refractivity contribution in [2.45, 2.75) is 12.3 Å². The number of benzene rings is 2. The lowest BCUT2D eigenvalue weighted by atomic mass is 9.98. The van der Waals surface area contributed by atoms with Gasteiger partial charge in [-0.1, -0.05) is 48.5 Å². The Morgan fingerprint density at radius 2 is 1.64 bits per heavy atom.